The molecule has 8 aromatic carbocycles. The molecule has 0 aliphatic carbocycles. The number of benzene rings is 8. The van der Waals surface area contributed by atoms with Gasteiger partial charge in [-0.15, -0.1) is 15.3 Å². The lowest BCUT2D eigenvalue weighted by molar-refractivity contribution is -0.155. The fourth-order valence-corrected chi connectivity index (χ4v) is 19.8. The number of phosphoric acid groups is 2. The summed E-state index contributed by atoms with van der Waals surface area (Å²) >= 11 is 3.51. The van der Waals surface area contributed by atoms with Crippen molar-refractivity contribution in [2.45, 2.75) is 307 Å². The van der Waals surface area contributed by atoms with Crippen molar-refractivity contribution in [1.82, 2.24) is 0 Å². The van der Waals surface area contributed by atoms with Crippen LogP contribution >= 0.6 is 30.9 Å². The number of aryl methyl sites for hydroxylation is 5. The van der Waals surface area contributed by atoms with Gasteiger partial charge in [0.05, 0.1) is 19.3 Å². The highest BCUT2D eigenvalue weighted by atomic mass is 79.9. The number of phosphoric ester groups is 2. The maximum absolute atomic E-state index is 13.0. The van der Waals surface area contributed by atoms with E-state index in [-0.39, 0.29) is 91.6 Å². The molecular formula is C103H145BrF3NO23P2Si2. The molecule has 746 valence electrons. The lowest BCUT2D eigenvalue weighted by Crippen LogP contribution is -2.47. The van der Waals surface area contributed by atoms with Gasteiger partial charge in [0.25, 0.3) is 0 Å². The van der Waals surface area contributed by atoms with Gasteiger partial charge in [-0.1, -0.05) is 183 Å². The van der Waals surface area contributed by atoms with E-state index in [2.05, 4.69) is 105 Å². The first-order valence-corrected chi connectivity index (χ1v) is 55.6. The summed E-state index contributed by atoms with van der Waals surface area (Å²) in [4.78, 5) is 76.0. The Kier molecular flexibility index (Phi) is 54.3. The topological polar surface area (TPSA) is 335 Å². The summed E-state index contributed by atoms with van der Waals surface area (Å²) in [5.41, 5.74) is 9.45. The molecule has 135 heavy (non-hydrogen) atoms. The minimum atomic E-state index is -4.73. The number of ether oxygens (including phenoxy) is 7. The number of aliphatic hydroxyl groups is 1. The molecule has 8 aromatic rings. The molecular weight excluding hydrogens is 1870 g/mol. The molecule has 0 spiro atoms. The smallest absolute Gasteiger partial charge is 0.489 e. The normalized spacial score (nSPS) is 11.5. The number of esters is 4. The highest BCUT2D eigenvalue weighted by molar-refractivity contribution is 9.26. The summed E-state index contributed by atoms with van der Waals surface area (Å²) in [5.74, 6) is 0.116. The van der Waals surface area contributed by atoms with E-state index < -0.39 is 79.1 Å². The Bertz CT molecular complexity index is 4870. The number of hydrogen-bond acceptors (Lipinski definition) is 21. The number of hydrogen-bond donors (Lipinski definition) is 4. The van der Waals surface area contributed by atoms with Gasteiger partial charge in [0.1, 0.15) is 97.7 Å². The molecule has 0 atom stereocenters. The van der Waals surface area contributed by atoms with Gasteiger partial charge in [-0.3, -0.25) is 42.8 Å². The zero-order valence-electron chi connectivity index (χ0n) is 83.2. The zero-order valence-corrected chi connectivity index (χ0v) is 88.6. The van der Waals surface area contributed by atoms with Crippen LogP contribution in [0.15, 0.2) is 182 Å². The first-order chi connectivity index (χ1) is 62.9. The molecule has 0 saturated heterocycles. The molecule has 0 bridgehead atoms. The van der Waals surface area contributed by atoms with Crippen molar-refractivity contribution < 1.29 is 122 Å². The van der Waals surface area contributed by atoms with Crippen LogP contribution in [-0.4, -0.2) is 101 Å². The van der Waals surface area contributed by atoms with Crippen molar-refractivity contribution in [3.8, 4) is 34.8 Å². The highest BCUT2D eigenvalue weighted by Gasteiger charge is 2.45. The fraction of sp³-hybridized carbons (Fsp3) is 0.476. The van der Waals surface area contributed by atoms with E-state index in [1.54, 1.807) is 51.1 Å². The van der Waals surface area contributed by atoms with Crippen LogP contribution in [-0.2, 0) is 151 Å². The third-order valence-corrected chi connectivity index (χ3v) is 26.5. The minimum absolute atomic E-state index is 0.00148. The standard InChI is InChI=1S/C30H46O4Si.C21H25FO3.C21H26O4.C16H24FO6P.C10H12FO6P.C3H9BrSi.C2H3N/c1-22(2)35(23(3)4,24(5)6)33-21-26-15-17-28(32-20-25-13-11-10-12-14-25)27(19-26)16-18-29(31)34-30(7,8)9;2*1-21(2,3)25-20(23)12-10-18-13-17(14-22)9-11-19(18)24-15-16-7-5-4-6-8-16;1-16(2,3)22-15(18)9-7-13-10-12(11-17)6-8-14(13)23-24(19,20-4)21-5;11-6-7-1-3-9(17-18(14,15)16)8(5-7)2-4-10(12)13;1-5(2,3)4;1-2-3/h10-15,17,19,22-24H,16,18,20-21H2,1-9H3;4-9,11,13H,10,12,14-15H2,1-3H3;4-9,11,13,22H,10,12,14-15H2,1-3H3;6,8,10H,7,9,11H2,1-5H3;1,3,5H,2,4,6H2,(H,12,13)(H2,14,15,16);1-3H3;1H3. The summed E-state index contributed by atoms with van der Waals surface area (Å²) < 4.78 is 127. The maximum atomic E-state index is 13.0. The monoisotopic (exact) mass is 2020 g/mol. The van der Waals surface area contributed by atoms with Gasteiger partial charge >= 0.3 is 45.5 Å². The van der Waals surface area contributed by atoms with Gasteiger partial charge in [-0.25, -0.2) is 22.3 Å². The highest BCUT2D eigenvalue weighted by Crippen LogP contribution is 2.49. The lowest BCUT2D eigenvalue weighted by Gasteiger charge is -2.42. The number of aliphatic carboxylic acids is 1. The molecule has 0 radical (unpaired) electrons. The Labute approximate surface area is 808 Å². The minimum Gasteiger partial charge on any atom is -0.489 e. The average molecular weight is 2020 g/mol. The molecule has 4 N–H and O–H groups in total. The third kappa shape index (κ3) is 53.2. The Hall–Kier alpha value is -9.48. The second-order valence-corrected chi connectivity index (χ2v) is 56.9. The predicted molar refractivity (Wildman–Crippen MR) is 532 cm³/mol. The van der Waals surface area contributed by atoms with Crippen molar-refractivity contribution in [2.75, 3.05) is 14.2 Å². The van der Waals surface area contributed by atoms with Crippen molar-refractivity contribution in [2.24, 2.45) is 0 Å². The number of halogens is 4. The summed E-state index contributed by atoms with van der Waals surface area (Å²) in [6.07, 6.45) is 2.41. The van der Waals surface area contributed by atoms with Crippen LogP contribution in [0.3, 0.4) is 0 Å². The van der Waals surface area contributed by atoms with Gasteiger partial charge in [-0.2, -0.15) is 5.26 Å². The molecule has 24 nitrogen and oxygen atoms in total. The summed E-state index contributed by atoms with van der Waals surface area (Å²) in [6, 6.07) is 57.0. The first kappa shape index (κ1) is 122. The molecule has 0 aliphatic rings. The number of rotatable bonds is 40. The van der Waals surface area contributed by atoms with E-state index in [1.807, 2.05) is 165 Å². The second kappa shape index (κ2) is 60.3. The molecule has 0 heterocycles. The van der Waals surface area contributed by atoms with Crippen molar-refractivity contribution in [1.29, 1.82) is 5.26 Å². The third-order valence-electron chi connectivity index (χ3n) is 18.7. The molecule has 0 amide bonds. The molecule has 0 saturated carbocycles. The van der Waals surface area contributed by atoms with Gasteiger partial charge in [-0.05, 0) is 265 Å². The first-order valence-electron chi connectivity index (χ1n) is 44.7. The Morgan fingerprint density at radius 3 is 0.896 bits per heavy atom. The van der Waals surface area contributed by atoms with Crippen molar-refractivity contribution in [3.63, 3.8) is 0 Å². The Balaban J connectivity index is 0.000000566. The molecule has 32 heteroatoms. The lowest BCUT2D eigenvalue weighted by atomic mass is 10.0. The Morgan fingerprint density at radius 2 is 0.644 bits per heavy atom. The number of carboxylic acid groups (broad SMARTS) is 1. The van der Waals surface area contributed by atoms with Crippen LogP contribution in [0.1, 0.15) is 236 Å². The predicted octanol–water partition coefficient (Wildman–Crippen LogP) is 25.9. The number of aliphatic hydroxyl groups excluding tert-OH is 1. The summed E-state index contributed by atoms with van der Waals surface area (Å²) in [5, 5.41) is 25.2. The zero-order chi connectivity index (χ0) is 102. The van der Waals surface area contributed by atoms with E-state index in [1.165, 1.54) is 51.5 Å². The van der Waals surface area contributed by atoms with Gasteiger partial charge in [0.2, 0.25) is 8.32 Å². The Morgan fingerprint density at radius 1 is 0.400 bits per heavy atom. The number of carboxylic acids is 1. The van der Waals surface area contributed by atoms with E-state index in [0.717, 1.165) is 56.0 Å². The molecule has 0 aliphatic heterocycles. The van der Waals surface area contributed by atoms with E-state index >= 15 is 0 Å². The van der Waals surface area contributed by atoms with Gasteiger partial charge in [0.15, 0.2) is 0 Å². The second-order valence-electron chi connectivity index (χ2n) is 37.2. The van der Waals surface area contributed by atoms with E-state index in [9.17, 15) is 51.4 Å². The SMILES string of the molecule is CC#N.CC(C)(C)OC(=O)CCc1cc(CF)ccc1OCc1ccccc1.CC(C)(C)OC(=O)CCc1cc(CO)ccc1OCc1ccccc1.CC(C)[Si](OCc1ccc(OCc2ccccc2)c(CCC(=O)OC(C)(C)C)c1)(C(C)C)C(C)C.COP(=O)(OC)Oc1ccc(CF)cc1CCC(=O)OC(C)(C)C.C[Si](C)(C)Br.O=C(O)CCc1cc(CF)ccc1OP(=O)(O)O. The van der Waals surface area contributed by atoms with Gasteiger partial charge < -0.3 is 56.8 Å². The summed E-state index contributed by atoms with van der Waals surface area (Å²) in [6.45, 7) is 43.2. The number of nitrogens with zero attached hydrogens (tertiary/aromatic N) is 1. The van der Waals surface area contributed by atoms with Crippen molar-refractivity contribution in [3.05, 3.63) is 254 Å². The molecule has 0 aromatic heterocycles. The van der Waals surface area contributed by atoms with Crippen LogP contribution in [0, 0.1) is 11.3 Å². The molecule has 8 rings (SSSR count). The summed E-state index contributed by atoms with van der Waals surface area (Å²) in [7, 11) is -8.05. The van der Waals surface area contributed by atoms with Crippen LogP contribution in [0.5, 0.6) is 28.7 Å². The number of carbonyl (C=O) groups excluding carboxylic acids is 4. The fourth-order valence-electron chi connectivity index (χ4n) is 13.2. The van der Waals surface area contributed by atoms with Crippen LogP contribution in [0.4, 0.5) is 13.2 Å². The van der Waals surface area contributed by atoms with Gasteiger partial charge in [0, 0.05) is 53.2 Å². The van der Waals surface area contributed by atoms with Crippen LogP contribution in [0.25, 0.3) is 0 Å². The van der Waals surface area contributed by atoms with E-state index in [0.29, 0.717) is 91.2 Å². The molecule has 0 fully saturated rings. The quantitative estimate of drug-likeness (QED) is 0.00911. The van der Waals surface area contributed by atoms with Crippen LogP contribution in [0.2, 0.25) is 36.3 Å². The number of alkyl halides is 3. The maximum Gasteiger partial charge on any atom is 0.529 e. The largest absolute Gasteiger partial charge is 0.529 e. The van der Waals surface area contributed by atoms with Crippen molar-refractivity contribution >= 4 is 75.8 Å². The number of nitriles is 1. The van der Waals surface area contributed by atoms with Crippen LogP contribution < -0.4 is 23.3 Å². The van der Waals surface area contributed by atoms with E-state index in [4.69, 9.17) is 71.3 Å². The average Bonchev–Trinajstić information content (AvgIpc) is 0.796. The molecule has 0 unspecified atom stereocenters. The number of carbonyl (C=O) groups is 5.